The average Bonchev–Trinajstić information content (AvgIpc) is 2.33. The van der Waals surface area contributed by atoms with Gasteiger partial charge in [0.2, 0.25) is 0 Å². The molecule has 1 nitrogen and oxygen atoms in total. The molecule has 2 heteroatoms. The summed E-state index contributed by atoms with van der Waals surface area (Å²) in [6, 6.07) is 16.3. The summed E-state index contributed by atoms with van der Waals surface area (Å²) in [5, 5.41) is 9.10. The van der Waals surface area contributed by atoms with Crippen molar-refractivity contribution in [3.63, 3.8) is 0 Å². The number of aliphatic hydroxyl groups excluding tert-OH is 1. The monoisotopic (exact) mass is 276 g/mol. The SMILES string of the molecule is OCc1ccc(Br)c(Cc2ccccc2)c1. The van der Waals surface area contributed by atoms with Crippen LogP contribution in [0.2, 0.25) is 0 Å². The van der Waals surface area contributed by atoms with Crippen molar-refractivity contribution in [1.29, 1.82) is 0 Å². The molecule has 0 fully saturated rings. The Morgan fingerprint density at radius 1 is 0.938 bits per heavy atom. The van der Waals surface area contributed by atoms with Crippen molar-refractivity contribution in [1.82, 2.24) is 0 Å². The van der Waals surface area contributed by atoms with E-state index in [4.69, 9.17) is 5.11 Å². The van der Waals surface area contributed by atoms with Gasteiger partial charge in [0.25, 0.3) is 0 Å². The molecule has 82 valence electrons. The second-order valence-electron chi connectivity index (χ2n) is 3.75. The van der Waals surface area contributed by atoms with Crippen LogP contribution in [0.25, 0.3) is 0 Å². The van der Waals surface area contributed by atoms with Gasteiger partial charge in [-0.15, -0.1) is 0 Å². The van der Waals surface area contributed by atoms with E-state index in [1.165, 1.54) is 11.1 Å². The second kappa shape index (κ2) is 5.28. The van der Waals surface area contributed by atoms with Gasteiger partial charge < -0.3 is 5.11 Å². The van der Waals surface area contributed by atoms with Gasteiger partial charge in [0.15, 0.2) is 0 Å². The molecule has 2 aromatic carbocycles. The van der Waals surface area contributed by atoms with Gasteiger partial charge in [-0.25, -0.2) is 0 Å². The Balaban J connectivity index is 2.27. The van der Waals surface area contributed by atoms with Gasteiger partial charge in [0, 0.05) is 4.47 Å². The van der Waals surface area contributed by atoms with Crippen LogP contribution < -0.4 is 0 Å². The standard InChI is InChI=1S/C14H13BrO/c15-14-7-6-12(10-16)9-13(14)8-11-4-2-1-3-5-11/h1-7,9,16H,8,10H2. The molecule has 0 aliphatic rings. The van der Waals surface area contributed by atoms with Crippen molar-refractivity contribution in [3.8, 4) is 0 Å². The maximum atomic E-state index is 9.10. The van der Waals surface area contributed by atoms with E-state index in [2.05, 4.69) is 28.1 Å². The van der Waals surface area contributed by atoms with Crippen LogP contribution in [0.15, 0.2) is 53.0 Å². The van der Waals surface area contributed by atoms with E-state index in [0.29, 0.717) is 0 Å². The Labute approximate surface area is 104 Å². The lowest BCUT2D eigenvalue weighted by atomic mass is 10.0. The zero-order valence-electron chi connectivity index (χ0n) is 8.86. The lowest BCUT2D eigenvalue weighted by Gasteiger charge is -2.06. The topological polar surface area (TPSA) is 20.2 Å². The molecule has 1 N–H and O–H groups in total. The summed E-state index contributed by atoms with van der Waals surface area (Å²) in [6.07, 6.45) is 0.884. The zero-order chi connectivity index (χ0) is 11.4. The fraction of sp³-hybridized carbons (Fsp3) is 0.143. The molecule has 0 aromatic heterocycles. The first-order valence-corrected chi connectivity index (χ1v) is 6.01. The molecule has 2 rings (SSSR count). The van der Waals surface area contributed by atoms with Gasteiger partial charge in [0.05, 0.1) is 6.61 Å². The molecular weight excluding hydrogens is 264 g/mol. The quantitative estimate of drug-likeness (QED) is 0.910. The highest BCUT2D eigenvalue weighted by molar-refractivity contribution is 9.10. The summed E-state index contributed by atoms with van der Waals surface area (Å²) in [6.45, 7) is 0.0923. The summed E-state index contributed by atoms with van der Waals surface area (Å²) < 4.78 is 1.09. The van der Waals surface area contributed by atoms with Crippen molar-refractivity contribution in [3.05, 3.63) is 69.7 Å². The van der Waals surface area contributed by atoms with E-state index < -0.39 is 0 Å². The summed E-state index contributed by atoms with van der Waals surface area (Å²) in [4.78, 5) is 0. The van der Waals surface area contributed by atoms with Crippen molar-refractivity contribution in [2.24, 2.45) is 0 Å². The summed E-state index contributed by atoms with van der Waals surface area (Å²) >= 11 is 3.54. The Morgan fingerprint density at radius 2 is 1.69 bits per heavy atom. The third-order valence-electron chi connectivity index (χ3n) is 2.53. The summed E-state index contributed by atoms with van der Waals surface area (Å²) in [5.41, 5.74) is 3.44. The molecule has 0 radical (unpaired) electrons. The molecule has 0 saturated carbocycles. The molecule has 2 aromatic rings. The number of benzene rings is 2. The molecular formula is C14H13BrO. The van der Waals surface area contributed by atoms with E-state index in [-0.39, 0.29) is 6.61 Å². The van der Waals surface area contributed by atoms with Crippen LogP contribution in [0.5, 0.6) is 0 Å². The number of hydrogen-bond donors (Lipinski definition) is 1. The predicted octanol–water partition coefficient (Wildman–Crippen LogP) is 3.53. The van der Waals surface area contributed by atoms with E-state index in [0.717, 1.165) is 16.5 Å². The lowest BCUT2D eigenvalue weighted by Crippen LogP contribution is -1.92. The van der Waals surface area contributed by atoms with Crippen molar-refractivity contribution in [2.45, 2.75) is 13.0 Å². The molecule has 0 aliphatic heterocycles. The molecule has 0 spiro atoms. The third kappa shape index (κ3) is 2.71. The smallest absolute Gasteiger partial charge is 0.0681 e. The number of halogens is 1. The van der Waals surface area contributed by atoms with Gasteiger partial charge in [-0.1, -0.05) is 58.4 Å². The van der Waals surface area contributed by atoms with Crippen LogP contribution in [-0.2, 0) is 13.0 Å². The Kier molecular flexibility index (Phi) is 3.75. The first-order chi connectivity index (χ1) is 7.79. The van der Waals surface area contributed by atoms with Crippen LogP contribution in [0, 0.1) is 0 Å². The fourth-order valence-electron chi connectivity index (χ4n) is 1.68. The maximum absolute atomic E-state index is 9.10. The molecule has 0 heterocycles. The van der Waals surface area contributed by atoms with E-state index in [1.807, 2.05) is 36.4 Å². The van der Waals surface area contributed by atoms with E-state index in [9.17, 15) is 0 Å². The van der Waals surface area contributed by atoms with Crippen molar-refractivity contribution < 1.29 is 5.11 Å². The molecule has 16 heavy (non-hydrogen) atoms. The van der Waals surface area contributed by atoms with E-state index in [1.54, 1.807) is 0 Å². The Bertz CT molecular complexity index is 465. The highest BCUT2D eigenvalue weighted by Gasteiger charge is 2.02. The van der Waals surface area contributed by atoms with Gasteiger partial charge in [-0.3, -0.25) is 0 Å². The molecule has 0 atom stereocenters. The predicted molar refractivity (Wildman–Crippen MR) is 69.3 cm³/mol. The van der Waals surface area contributed by atoms with E-state index >= 15 is 0 Å². The first-order valence-electron chi connectivity index (χ1n) is 5.21. The normalized spacial score (nSPS) is 10.4. The Hall–Kier alpha value is -1.12. The summed E-state index contributed by atoms with van der Waals surface area (Å²) in [5.74, 6) is 0. The number of rotatable bonds is 3. The highest BCUT2D eigenvalue weighted by Crippen LogP contribution is 2.21. The van der Waals surface area contributed by atoms with Crippen molar-refractivity contribution in [2.75, 3.05) is 0 Å². The van der Waals surface area contributed by atoms with Crippen LogP contribution in [0.1, 0.15) is 16.7 Å². The van der Waals surface area contributed by atoms with Crippen LogP contribution in [-0.4, -0.2) is 5.11 Å². The molecule has 0 amide bonds. The number of hydrogen-bond acceptors (Lipinski definition) is 1. The molecule has 0 bridgehead atoms. The minimum Gasteiger partial charge on any atom is -0.392 e. The van der Waals surface area contributed by atoms with Crippen LogP contribution in [0.3, 0.4) is 0 Å². The average molecular weight is 277 g/mol. The first kappa shape index (κ1) is 11.4. The largest absolute Gasteiger partial charge is 0.392 e. The third-order valence-corrected chi connectivity index (χ3v) is 3.30. The van der Waals surface area contributed by atoms with Gasteiger partial charge in [-0.05, 0) is 29.2 Å². The minimum atomic E-state index is 0.0923. The minimum absolute atomic E-state index is 0.0923. The summed E-state index contributed by atoms with van der Waals surface area (Å²) in [7, 11) is 0. The van der Waals surface area contributed by atoms with Crippen LogP contribution >= 0.6 is 15.9 Å². The van der Waals surface area contributed by atoms with Gasteiger partial charge >= 0.3 is 0 Å². The van der Waals surface area contributed by atoms with Crippen LogP contribution in [0.4, 0.5) is 0 Å². The number of aliphatic hydroxyl groups is 1. The van der Waals surface area contributed by atoms with Gasteiger partial charge in [0.1, 0.15) is 0 Å². The van der Waals surface area contributed by atoms with Crippen molar-refractivity contribution >= 4 is 15.9 Å². The fourth-order valence-corrected chi connectivity index (χ4v) is 2.06. The Morgan fingerprint density at radius 3 is 2.38 bits per heavy atom. The second-order valence-corrected chi connectivity index (χ2v) is 4.60. The molecule has 0 aliphatic carbocycles. The van der Waals surface area contributed by atoms with Gasteiger partial charge in [-0.2, -0.15) is 0 Å². The molecule has 0 saturated heterocycles. The maximum Gasteiger partial charge on any atom is 0.0681 e. The lowest BCUT2D eigenvalue weighted by molar-refractivity contribution is 0.281. The molecule has 0 unspecified atom stereocenters. The zero-order valence-corrected chi connectivity index (χ0v) is 10.4. The highest BCUT2D eigenvalue weighted by atomic mass is 79.9.